The molecule has 0 amide bonds. The van der Waals surface area contributed by atoms with Gasteiger partial charge in [-0.25, -0.2) is 9.97 Å². The molecule has 1 aromatic heterocycles. The van der Waals surface area contributed by atoms with Gasteiger partial charge in [-0.05, 0) is 13.8 Å². The number of hydrogen-bond donors (Lipinski definition) is 1. The van der Waals surface area contributed by atoms with E-state index in [2.05, 4.69) is 9.97 Å². The summed E-state index contributed by atoms with van der Waals surface area (Å²) < 4.78 is 5.39. The summed E-state index contributed by atoms with van der Waals surface area (Å²) in [4.78, 5) is 9.00. The summed E-state index contributed by atoms with van der Waals surface area (Å²) in [5.74, 6) is 0.864. The molecule has 0 bridgehead atoms. The van der Waals surface area contributed by atoms with E-state index in [0.717, 1.165) is 42.2 Å². The van der Waals surface area contributed by atoms with Crippen molar-refractivity contribution >= 4 is 0 Å². The van der Waals surface area contributed by atoms with Crippen molar-refractivity contribution in [2.45, 2.75) is 39.3 Å². The number of aryl methyl sites for hydroxylation is 1. The molecule has 1 atom stereocenters. The Hall–Kier alpha value is -1.00. The minimum Gasteiger partial charge on any atom is -0.376 e. The fourth-order valence-corrected chi connectivity index (χ4v) is 1.84. The van der Waals surface area contributed by atoms with E-state index < -0.39 is 0 Å². The molecule has 82 valence electrons. The molecule has 0 fully saturated rings. The Balaban J connectivity index is 2.32. The summed E-state index contributed by atoms with van der Waals surface area (Å²) in [5, 5.41) is 0. The van der Waals surface area contributed by atoms with Crippen LogP contribution in [0.5, 0.6) is 0 Å². The van der Waals surface area contributed by atoms with Crippen LogP contribution in [0.15, 0.2) is 0 Å². The maximum atomic E-state index is 5.75. The zero-order valence-electron chi connectivity index (χ0n) is 9.29. The van der Waals surface area contributed by atoms with E-state index in [1.807, 2.05) is 13.8 Å². The van der Waals surface area contributed by atoms with Crippen LogP contribution in [0.1, 0.15) is 29.7 Å². The normalized spacial score (nSPS) is 17.3. The molecule has 1 aliphatic heterocycles. The quantitative estimate of drug-likeness (QED) is 0.777. The average Bonchev–Trinajstić information content (AvgIpc) is 2.16. The van der Waals surface area contributed by atoms with E-state index in [1.54, 1.807) is 0 Å². The van der Waals surface area contributed by atoms with Gasteiger partial charge in [0.2, 0.25) is 0 Å². The van der Waals surface area contributed by atoms with Crippen molar-refractivity contribution in [3.8, 4) is 0 Å². The number of rotatable bonds is 2. The van der Waals surface area contributed by atoms with Crippen molar-refractivity contribution in [3.05, 3.63) is 22.8 Å². The molecule has 0 saturated carbocycles. The van der Waals surface area contributed by atoms with Gasteiger partial charge in [-0.15, -0.1) is 0 Å². The minimum atomic E-state index is 0.113. The van der Waals surface area contributed by atoms with E-state index in [9.17, 15) is 0 Å². The third-order valence-electron chi connectivity index (χ3n) is 2.58. The highest BCUT2D eigenvalue weighted by atomic mass is 16.5. The second kappa shape index (κ2) is 4.24. The summed E-state index contributed by atoms with van der Waals surface area (Å²) >= 11 is 0. The highest BCUT2D eigenvalue weighted by molar-refractivity contribution is 5.26. The van der Waals surface area contributed by atoms with Gasteiger partial charge in [0, 0.05) is 30.1 Å². The van der Waals surface area contributed by atoms with Crippen LogP contribution >= 0.6 is 0 Å². The van der Waals surface area contributed by atoms with Crippen molar-refractivity contribution in [2.75, 3.05) is 6.61 Å². The molecule has 1 aliphatic rings. The topological polar surface area (TPSA) is 61.0 Å². The molecule has 0 aliphatic carbocycles. The molecule has 0 saturated heterocycles. The Kier molecular flexibility index (Phi) is 2.98. The van der Waals surface area contributed by atoms with Crippen LogP contribution in [0.4, 0.5) is 0 Å². The first-order valence-corrected chi connectivity index (χ1v) is 5.35. The lowest BCUT2D eigenvalue weighted by atomic mass is 10.1. The van der Waals surface area contributed by atoms with Crippen molar-refractivity contribution in [1.82, 2.24) is 9.97 Å². The van der Waals surface area contributed by atoms with Gasteiger partial charge in [-0.2, -0.15) is 0 Å². The van der Waals surface area contributed by atoms with E-state index >= 15 is 0 Å². The summed E-state index contributed by atoms with van der Waals surface area (Å²) in [7, 11) is 0. The number of nitrogens with two attached hydrogens (primary N) is 1. The average molecular weight is 207 g/mol. The Morgan fingerprint density at radius 1 is 1.47 bits per heavy atom. The largest absolute Gasteiger partial charge is 0.376 e. The molecule has 4 nitrogen and oxygen atoms in total. The second-order valence-electron chi connectivity index (χ2n) is 4.13. The summed E-state index contributed by atoms with van der Waals surface area (Å²) in [6, 6.07) is 0.113. The fourth-order valence-electron chi connectivity index (χ4n) is 1.84. The van der Waals surface area contributed by atoms with Crippen LogP contribution in [0.2, 0.25) is 0 Å². The van der Waals surface area contributed by atoms with Gasteiger partial charge >= 0.3 is 0 Å². The maximum absolute atomic E-state index is 5.75. The van der Waals surface area contributed by atoms with Crippen LogP contribution in [-0.2, 0) is 24.2 Å². The van der Waals surface area contributed by atoms with E-state index in [1.165, 1.54) is 0 Å². The molecular weight excluding hydrogens is 190 g/mol. The SMILES string of the molecule is Cc1nc(CC(C)N)nc2c1COCC2. The molecule has 2 rings (SSSR count). The summed E-state index contributed by atoms with van der Waals surface area (Å²) in [6.07, 6.45) is 1.64. The van der Waals surface area contributed by atoms with Gasteiger partial charge in [0.05, 0.1) is 18.9 Å². The number of aromatic nitrogens is 2. The highest BCUT2D eigenvalue weighted by Gasteiger charge is 2.16. The lowest BCUT2D eigenvalue weighted by Gasteiger charge is -2.18. The Bertz CT molecular complexity index is 363. The van der Waals surface area contributed by atoms with Crippen molar-refractivity contribution in [3.63, 3.8) is 0 Å². The third-order valence-corrected chi connectivity index (χ3v) is 2.58. The van der Waals surface area contributed by atoms with Gasteiger partial charge in [0.1, 0.15) is 5.82 Å². The van der Waals surface area contributed by atoms with E-state index in [4.69, 9.17) is 10.5 Å². The van der Waals surface area contributed by atoms with Gasteiger partial charge in [0.25, 0.3) is 0 Å². The Morgan fingerprint density at radius 2 is 2.27 bits per heavy atom. The first-order chi connectivity index (χ1) is 7.16. The number of nitrogens with zero attached hydrogens (tertiary/aromatic N) is 2. The first kappa shape index (κ1) is 10.5. The van der Waals surface area contributed by atoms with E-state index in [0.29, 0.717) is 6.61 Å². The van der Waals surface area contributed by atoms with Crippen LogP contribution in [0, 0.1) is 6.92 Å². The highest BCUT2D eigenvalue weighted by Crippen LogP contribution is 2.17. The number of ether oxygens (including phenoxy) is 1. The zero-order chi connectivity index (χ0) is 10.8. The van der Waals surface area contributed by atoms with Gasteiger partial charge in [-0.3, -0.25) is 0 Å². The molecule has 1 aromatic rings. The molecular formula is C11H17N3O. The Labute approximate surface area is 89.9 Å². The van der Waals surface area contributed by atoms with Gasteiger partial charge in [-0.1, -0.05) is 0 Å². The first-order valence-electron chi connectivity index (χ1n) is 5.35. The van der Waals surface area contributed by atoms with Gasteiger partial charge < -0.3 is 10.5 Å². The van der Waals surface area contributed by atoms with Crippen LogP contribution in [-0.4, -0.2) is 22.6 Å². The molecule has 2 heterocycles. The molecule has 4 heteroatoms. The molecule has 0 spiro atoms. The molecule has 0 aromatic carbocycles. The smallest absolute Gasteiger partial charge is 0.130 e. The third kappa shape index (κ3) is 2.33. The Morgan fingerprint density at radius 3 is 3.00 bits per heavy atom. The lowest BCUT2D eigenvalue weighted by Crippen LogP contribution is -2.22. The van der Waals surface area contributed by atoms with E-state index in [-0.39, 0.29) is 6.04 Å². The van der Waals surface area contributed by atoms with Crippen LogP contribution < -0.4 is 5.73 Å². The minimum absolute atomic E-state index is 0.113. The standard InChI is InChI=1S/C11H17N3O/c1-7(12)5-11-13-8(2)9-6-15-4-3-10(9)14-11/h7H,3-6,12H2,1-2H3. The summed E-state index contributed by atoms with van der Waals surface area (Å²) in [6.45, 7) is 5.40. The summed E-state index contributed by atoms with van der Waals surface area (Å²) in [5.41, 5.74) is 9.09. The van der Waals surface area contributed by atoms with Crippen molar-refractivity contribution < 1.29 is 4.74 Å². The van der Waals surface area contributed by atoms with Crippen LogP contribution in [0.3, 0.4) is 0 Å². The molecule has 1 unspecified atom stereocenters. The number of fused-ring (bicyclic) bond motifs is 1. The maximum Gasteiger partial charge on any atom is 0.130 e. The van der Waals surface area contributed by atoms with Crippen LogP contribution in [0.25, 0.3) is 0 Å². The second-order valence-corrected chi connectivity index (χ2v) is 4.13. The predicted octanol–water partition coefficient (Wildman–Crippen LogP) is 0.747. The van der Waals surface area contributed by atoms with Crippen molar-refractivity contribution in [2.24, 2.45) is 5.73 Å². The molecule has 15 heavy (non-hydrogen) atoms. The fraction of sp³-hybridized carbons (Fsp3) is 0.636. The zero-order valence-corrected chi connectivity index (χ0v) is 9.29. The monoisotopic (exact) mass is 207 g/mol. The number of hydrogen-bond acceptors (Lipinski definition) is 4. The molecule has 0 radical (unpaired) electrons. The molecule has 2 N–H and O–H groups in total. The van der Waals surface area contributed by atoms with Gasteiger partial charge in [0.15, 0.2) is 0 Å². The predicted molar refractivity (Wildman–Crippen MR) is 57.5 cm³/mol. The lowest BCUT2D eigenvalue weighted by molar-refractivity contribution is 0.108. The van der Waals surface area contributed by atoms with Crippen molar-refractivity contribution in [1.29, 1.82) is 0 Å².